The third-order valence-corrected chi connectivity index (χ3v) is 4.56. The van der Waals surface area contributed by atoms with Crippen LogP contribution < -0.4 is 5.32 Å². The van der Waals surface area contributed by atoms with E-state index in [0.29, 0.717) is 5.13 Å². The van der Waals surface area contributed by atoms with Gasteiger partial charge in [0.25, 0.3) is 0 Å². The van der Waals surface area contributed by atoms with Crippen molar-refractivity contribution in [2.45, 2.75) is 26.8 Å². The summed E-state index contributed by atoms with van der Waals surface area (Å²) in [6.07, 6.45) is 1.37. The Morgan fingerprint density at radius 1 is 1.44 bits per heavy atom. The van der Waals surface area contributed by atoms with E-state index in [1.165, 1.54) is 6.20 Å². The van der Waals surface area contributed by atoms with E-state index in [0.717, 1.165) is 26.9 Å². The minimum atomic E-state index is -0.946. The summed E-state index contributed by atoms with van der Waals surface area (Å²) in [5.41, 5.74) is 1.01. The van der Waals surface area contributed by atoms with Crippen LogP contribution in [0.1, 0.15) is 38.2 Å². The predicted molar refractivity (Wildman–Crippen MR) is 72.7 cm³/mol. The molecule has 0 aliphatic carbocycles. The van der Waals surface area contributed by atoms with Crippen LogP contribution in [0, 0.1) is 13.8 Å². The number of carboxylic acid groups (broad SMARTS) is 1. The third kappa shape index (κ3) is 2.68. The molecule has 0 bridgehead atoms. The molecule has 2 aromatic rings. The maximum Gasteiger partial charge on any atom is 0.347 e. The maximum atomic E-state index is 10.8. The number of rotatable bonds is 4. The van der Waals surface area contributed by atoms with Gasteiger partial charge in [-0.3, -0.25) is 0 Å². The van der Waals surface area contributed by atoms with Crippen LogP contribution in [0.5, 0.6) is 0 Å². The molecule has 2 N–H and O–H groups in total. The second kappa shape index (κ2) is 5.03. The highest BCUT2D eigenvalue weighted by atomic mass is 32.1. The van der Waals surface area contributed by atoms with E-state index >= 15 is 0 Å². The summed E-state index contributed by atoms with van der Waals surface area (Å²) in [6, 6.07) is 0.0731. The van der Waals surface area contributed by atoms with Gasteiger partial charge in [-0.15, -0.1) is 11.3 Å². The molecule has 0 spiro atoms. The number of aromatic carboxylic acids is 1. The van der Waals surface area contributed by atoms with Gasteiger partial charge in [-0.1, -0.05) is 11.3 Å². The van der Waals surface area contributed by atoms with Crippen LogP contribution in [-0.2, 0) is 0 Å². The molecule has 7 heteroatoms. The lowest BCUT2D eigenvalue weighted by Gasteiger charge is -2.11. The van der Waals surface area contributed by atoms with Gasteiger partial charge in [0.1, 0.15) is 4.88 Å². The quantitative estimate of drug-likeness (QED) is 0.902. The molecule has 2 heterocycles. The van der Waals surface area contributed by atoms with E-state index < -0.39 is 5.97 Å². The number of aromatic nitrogens is 2. The fraction of sp³-hybridized carbons (Fsp3) is 0.364. The zero-order valence-electron chi connectivity index (χ0n) is 10.2. The molecule has 0 aliphatic heterocycles. The Hall–Kier alpha value is -1.47. The first kappa shape index (κ1) is 13.0. The number of hydrogen-bond donors (Lipinski definition) is 2. The molecule has 1 atom stereocenters. The van der Waals surface area contributed by atoms with Gasteiger partial charge in [0, 0.05) is 4.88 Å². The van der Waals surface area contributed by atoms with Crippen LogP contribution in [0.25, 0.3) is 0 Å². The smallest absolute Gasteiger partial charge is 0.347 e. The minimum absolute atomic E-state index is 0.0731. The van der Waals surface area contributed by atoms with Gasteiger partial charge < -0.3 is 10.4 Å². The third-order valence-electron chi connectivity index (χ3n) is 2.39. The molecular weight excluding hydrogens is 270 g/mol. The second-order valence-electron chi connectivity index (χ2n) is 3.88. The number of thiazole rings is 2. The van der Waals surface area contributed by atoms with Gasteiger partial charge in [0.05, 0.1) is 22.9 Å². The van der Waals surface area contributed by atoms with Crippen LogP contribution in [-0.4, -0.2) is 21.0 Å². The first-order valence-corrected chi connectivity index (χ1v) is 7.00. The molecule has 2 rings (SSSR count). The van der Waals surface area contributed by atoms with E-state index in [1.807, 2.05) is 20.8 Å². The van der Waals surface area contributed by atoms with Gasteiger partial charge in [-0.25, -0.2) is 14.8 Å². The summed E-state index contributed by atoms with van der Waals surface area (Å²) in [7, 11) is 0. The number of carbonyl (C=O) groups is 1. The monoisotopic (exact) mass is 283 g/mol. The number of hydrogen-bond acceptors (Lipinski definition) is 6. The minimum Gasteiger partial charge on any atom is -0.477 e. The Bertz CT molecular complexity index is 577. The summed E-state index contributed by atoms with van der Waals surface area (Å²) in [4.78, 5) is 20.6. The van der Waals surface area contributed by atoms with Crippen LogP contribution in [0.2, 0.25) is 0 Å². The van der Waals surface area contributed by atoms with Gasteiger partial charge in [0.15, 0.2) is 5.13 Å². The zero-order valence-corrected chi connectivity index (χ0v) is 11.9. The summed E-state index contributed by atoms with van der Waals surface area (Å²) in [6.45, 7) is 5.96. The Morgan fingerprint density at radius 3 is 2.67 bits per heavy atom. The first-order chi connectivity index (χ1) is 8.47. The molecule has 0 fully saturated rings. The van der Waals surface area contributed by atoms with Gasteiger partial charge in [0.2, 0.25) is 0 Å². The molecule has 0 radical (unpaired) electrons. The molecule has 0 aromatic carbocycles. The first-order valence-electron chi connectivity index (χ1n) is 5.37. The highest BCUT2D eigenvalue weighted by Crippen LogP contribution is 2.29. The SMILES string of the molecule is Cc1nc(C)c(C(C)Nc2ncc(C(=O)O)s2)s1. The molecule has 0 saturated heterocycles. The molecule has 0 amide bonds. The molecule has 1 unspecified atom stereocenters. The van der Waals surface area contributed by atoms with Crippen LogP contribution in [0.3, 0.4) is 0 Å². The molecule has 0 saturated carbocycles. The Labute approximate surface area is 113 Å². The van der Waals surface area contributed by atoms with E-state index in [1.54, 1.807) is 11.3 Å². The summed E-state index contributed by atoms with van der Waals surface area (Å²) >= 11 is 2.78. The Morgan fingerprint density at radius 2 is 2.17 bits per heavy atom. The highest BCUT2D eigenvalue weighted by molar-refractivity contribution is 7.17. The second-order valence-corrected chi connectivity index (χ2v) is 6.15. The molecule has 5 nitrogen and oxygen atoms in total. The molecule has 0 aliphatic rings. The van der Waals surface area contributed by atoms with Crippen molar-refractivity contribution in [3.05, 3.63) is 26.7 Å². The number of carboxylic acids is 1. The Balaban J connectivity index is 2.13. The average Bonchev–Trinajstić information content (AvgIpc) is 2.85. The summed E-state index contributed by atoms with van der Waals surface area (Å²) in [5.74, 6) is -0.946. The highest BCUT2D eigenvalue weighted by Gasteiger charge is 2.15. The van der Waals surface area contributed by atoms with E-state index in [2.05, 4.69) is 15.3 Å². The topological polar surface area (TPSA) is 75.1 Å². The number of nitrogens with one attached hydrogen (secondary N) is 1. The van der Waals surface area contributed by atoms with Gasteiger partial charge in [-0.2, -0.15) is 0 Å². The Kier molecular flexibility index (Phi) is 3.63. The fourth-order valence-corrected chi connectivity index (χ4v) is 3.31. The van der Waals surface area contributed by atoms with Crippen molar-refractivity contribution in [1.29, 1.82) is 0 Å². The van der Waals surface area contributed by atoms with Crippen molar-refractivity contribution in [3.8, 4) is 0 Å². The average molecular weight is 283 g/mol. The van der Waals surface area contributed by atoms with Crippen molar-refractivity contribution in [1.82, 2.24) is 9.97 Å². The number of aryl methyl sites for hydroxylation is 2. The number of nitrogens with zero attached hydrogens (tertiary/aromatic N) is 2. The van der Waals surface area contributed by atoms with Crippen LogP contribution in [0.4, 0.5) is 5.13 Å². The van der Waals surface area contributed by atoms with Crippen molar-refractivity contribution < 1.29 is 9.90 Å². The molecule has 96 valence electrons. The molecule has 18 heavy (non-hydrogen) atoms. The lowest BCUT2D eigenvalue weighted by molar-refractivity contribution is 0.0702. The van der Waals surface area contributed by atoms with Crippen LogP contribution in [0.15, 0.2) is 6.20 Å². The zero-order chi connectivity index (χ0) is 13.3. The standard InChI is InChI=1S/C11H13N3O2S2/c1-5-9(17-7(3)13-5)6(2)14-11-12-4-8(18-11)10(15)16/h4,6H,1-3H3,(H,12,14)(H,15,16). The predicted octanol–water partition coefficient (Wildman–Crippen LogP) is 3.09. The summed E-state index contributed by atoms with van der Waals surface area (Å²) < 4.78 is 0. The molecular formula is C11H13N3O2S2. The fourth-order valence-electron chi connectivity index (χ4n) is 1.64. The van der Waals surface area contributed by atoms with E-state index in [9.17, 15) is 4.79 Å². The van der Waals surface area contributed by atoms with Crippen LogP contribution >= 0.6 is 22.7 Å². The van der Waals surface area contributed by atoms with Gasteiger partial charge >= 0.3 is 5.97 Å². The normalized spacial score (nSPS) is 12.4. The van der Waals surface area contributed by atoms with E-state index in [-0.39, 0.29) is 10.9 Å². The van der Waals surface area contributed by atoms with Crippen molar-refractivity contribution in [2.75, 3.05) is 5.32 Å². The lowest BCUT2D eigenvalue weighted by atomic mass is 10.2. The molecule has 2 aromatic heterocycles. The van der Waals surface area contributed by atoms with Crippen molar-refractivity contribution in [2.24, 2.45) is 0 Å². The van der Waals surface area contributed by atoms with Gasteiger partial charge in [-0.05, 0) is 20.8 Å². The van der Waals surface area contributed by atoms with Crippen molar-refractivity contribution >= 4 is 33.8 Å². The summed E-state index contributed by atoms with van der Waals surface area (Å²) in [5, 5.41) is 13.7. The van der Waals surface area contributed by atoms with Crippen molar-refractivity contribution in [3.63, 3.8) is 0 Å². The number of anilines is 1. The largest absolute Gasteiger partial charge is 0.477 e. The lowest BCUT2D eigenvalue weighted by Crippen LogP contribution is -2.05. The maximum absolute atomic E-state index is 10.8. The van der Waals surface area contributed by atoms with E-state index in [4.69, 9.17) is 5.11 Å².